The fourth-order valence-corrected chi connectivity index (χ4v) is 4.90. The van der Waals surface area contributed by atoms with E-state index in [0.29, 0.717) is 12.5 Å². The number of ether oxygens (including phenoxy) is 2. The van der Waals surface area contributed by atoms with Crippen molar-refractivity contribution in [2.24, 2.45) is 5.92 Å². The molecule has 2 aliphatic rings. The number of nitrogens with one attached hydrogen (secondary N) is 1. The van der Waals surface area contributed by atoms with Gasteiger partial charge in [-0.3, -0.25) is 9.69 Å². The molecule has 0 radical (unpaired) electrons. The standard InChI is InChI=1S/C28H30N2O3/c1-20-6-5-9-23(12-20)24-14-25(18-30(17-24)16-21-7-3-2-4-8-21)28(31)29-15-22-10-11-26-27(13-22)33-19-32-26/h2-13,24-25H,14-19H2,1H3,(H,29,31). The number of amides is 1. The summed E-state index contributed by atoms with van der Waals surface area (Å²) in [5.74, 6) is 1.90. The summed E-state index contributed by atoms with van der Waals surface area (Å²) in [6.07, 6.45) is 0.863. The van der Waals surface area contributed by atoms with Crippen molar-refractivity contribution in [1.29, 1.82) is 0 Å². The second-order valence-corrected chi connectivity index (χ2v) is 9.13. The number of nitrogens with zero attached hydrogens (tertiary/aromatic N) is 1. The third-order valence-corrected chi connectivity index (χ3v) is 6.56. The van der Waals surface area contributed by atoms with Crippen LogP contribution in [0.4, 0.5) is 0 Å². The molecule has 2 heterocycles. The Balaban J connectivity index is 1.29. The van der Waals surface area contributed by atoms with E-state index in [1.54, 1.807) is 0 Å². The fraction of sp³-hybridized carbons (Fsp3) is 0.321. The molecule has 0 aromatic heterocycles. The van der Waals surface area contributed by atoms with Gasteiger partial charge in [0.25, 0.3) is 0 Å². The van der Waals surface area contributed by atoms with Crippen LogP contribution in [0.5, 0.6) is 11.5 Å². The Morgan fingerprint density at radius 2 is 1.79 bits per heavy atom. The maximum atomic E-state index is 13.3. The first-order valence-electron chi connectivity index (χ1n) is 11.6. The average molecular weight is 443 g/mol. The SMILES string of the molecule is Cc1cccc(C2CC(C(=O)NCc3ccc4c(c3)OCO4)CN(Cc3ccccc3)C2)c1. The van der Waals surface area contributed by atoms with Crippen molar-refractivity contribution in [3.8, 4) is 11.5 Å². The van der Waals surface area contributed by atoms with Crippen molar-refractivity contribution in [3.05, 3.63) is 95.1 Å². The van der Waals surface area contributed by atoms with Gasteiger partial charge in [0.2, 0.25) is 12.7 Å². The highest BCUT2D eigenvalue weighted by Gasteiger charge is 2.32. The maximum Gasteiger partial charge on any atom is 0.231 e. The van der Waals surface area contributed by atoms with Crippen molar-refractivity contribution >= 4 is 5.91 Å². The Bertz CT molecular complexity index is 1120. The molecule has 0 saturated carbocycles. The van der Waals surface area contributed by atoms with E-state index in [4.69, 9.17) is 9.47 Å². The van der Waals surface area contributed by atoms with Crippen LogP contribution in [0.1, 0.15) is 34.6 Å². The van der Waals surface area contributed by atoms with Crippen LogP contribution in [0.15, 0.2) is 72.8 Å². The first-order valence-corrected chi connectivity index (χ1v) is 11.6. The van der Waals surface area contributed by atoms with E-state index in [2.05, 4.69) is 65.7 Å². The molecular weight excluding hydrogens is 412 g/mol. The lowest BCUT2D eigenvalue weighted by molar-refractivity contribution is -0.127. The number of fused-ring (bicyclic) bond motifs is 1. The lowest BCUT2D eigenvalue weighted by Gasteiger charge is -2.37. The largest absolute Gasteiger partial charge is 0.454 e. The molecule has 0 spiro atoms. The molecule has 2 unspecified atom stereocenters. The zero-order valence-corrected chi connectivity index (χ0v) is 19.0. The first-order chi connectivity index (χ1) is 16.1. The summed E-state index contributed by atoms with van der Waals surface area (Å²) in [7, 11) is 0. The third kappa shape index (κ3) is 5.20. The fourth-order valence-electron chi connectivity index (χ4n) is 4.90. The highest BCUT2D eigenvalue weighted by Crippen LogP contribution is 2.33. The Labute approximate surface area is 195 Å². The molecule has 3 aromatic rings. The Morgan fingerprint density at radius 1 is 0.939 bits per heavy atom. The monoisotopic (exact) mass is 442 g/mol. The van der Waals surface area contributed by atoms with Crippen molar-refractivity contribution < 1.29 is 14.3 Å². The van der Waals surface area contributed by atoms with Crippen LogP contribution < -0.4 is 14.8 Å². The van der Waals surface area contributed by atoms with Crippen molar-refractivity contribution in [3.63, 3.8) is 0 Å². The van der Waals surface area contributed by atoms with Gasteiger partial charge in [0.05, 0.1) is 5.92 Å². The van der Waals surface area contributed by atoms with Crippen LogP contribution in [0, 0.1) is 12.8 Å². The smallest absolute Gasteiger partial charge is 0.231 e. The van der Waals surface area contributed by atoms with Gasteiger partial charge in [-0.05, 0) is 48.1 Å². The number of rotatable bonds is 6. The number of carbonyl (C=O) groups excluding carboxylic acids is 1. The molecule has 0 bridgehead atoms. The molecule has 1 fully saturated rings. The molecule has 5 heteroatoms. The molecule has 5 rings (SSSR count). The van der Waals surface area contributed by atoms with Gasteiger partial charge < -0.3 is 14.8 Å². The van der Waals surface area contributed by atoms with E-state index in [1.165, 1.54) is 16.7 Å². The summed E-state index contributed by atoms with van der Waals surface area (Å²) in [4.78, 5) is 15.7. The van der Waals surface area contributed by atoms with Crippen molar-refractivity contribution in [1.82, 2.24) is 10.2 Å². The molecule has 1 saturated heterocycles. The second kappa shape index (κ2) is 9.67. The zero-order chi connectivity index (χ0) is 22.6. The Hall–Kier alpha value is -3.31. The summed E-state index contributed by atoms with van der Waals surface area (Å²) < 4.78 is 10.8. The Kier molecular flexibility index (Phi) is 6.31. The summed E-state index contributed by atoms with van der Waals surface area (Å²) in [6.45, 7) is 5.46. The number of aryl methyl sites for hydroxylation is 1. The van der Waals surface area contributed by atoms with Gasteiger partial charge >= 0.3 is 0 Å². The van der Waals surface area contributed by atoms with E-state index >= 15 is 0 Å². The average Bonchev–Trinajstić information content (AvgIpc) is 3.31. The topological polar surface area (TPSA) is 50.8 Å². The van der Waals surface area contributed by atoms with Crippen LogP contribution >= 0.6 is 0 Å². The minimum atomic E-state index is -0.0537. The summed E-state index contributed by atoms with van der Waals surface area (Å²) >= 11 is 0. The molecule has 5 nitrogen and oxygen atoms in total. The third-order valence-electron chi connectivity index (χ3n) is 6.56. The number of carbonyl (C=O) groups is 1. The summed E-state index contributed by atoms with van der Waals surface area (Å²) in [6, 6.07) is 25.0. The van der Waals surface area contributed by atoms with Gasteiger partial charge in [-0.15, -0.1) is 0 Å². The molecular formula is C28H30N2O3. The summed E-state index contributed by atoms with van der Waals surface area (Å²) in [5.41, 5.74) is 4.87. The number of benzene rings is 3. The lowest BCUT2D eigenvalue weighted by atomic mass is 9.83. The number of hydrogen-bond donors (Lipinski definition) is 1. The van der Waals surface area contributed by atoms with Crippen LogP contribution in [0.2, 0.25) is 0 Å². The van der Waals surface area contributed by atoms with E-state index < -0.39 is 0 Å². The second-order valence-electron chi connectivity index (χ2n) is 9.13. The minimum Gasteiger partial charge on any atom is -0.454 e. The molecule has 170 valence electrons. The van der Waals surface area contributed by atoms with Gasteiger partial charge in [0, 0.05) is 26.2 Å². The normalized spacial score (nSPS) is 19.9. The van der Waals surface area contributed by atoms with Crippen molar-refractivity contribution in [2.75, 3.05) is 19.9 Å². The van der Waals surface area contributed by atoms with E-state index in [0.717, 1.165) is 43.1 Å². The molecule has 3 aromatic carbocycles. The molecule has 1 N–H and O–H groups in total. The molecule has 0 aliphatic carbocycles. The van der Waals surface area contributed by atoms with E-state index in [1.807, 2.05) is 24.3 Å². The lowest BCUT2D eigenvalue weighted by Crippen LogP contribution is -2.45. The minimum absolute atomic E-state index is 0.0537. The molecule has 1 amide bonds. The number of likely N-dealkylation sites (tertiary alicyclic amines) is 1. The molecule has 2 aliphatic heterocycles. The number of piperidine rings is 1. The number of hydrogen-bond acceptors (Lipinski definition) is 4. The predicted octanol–water partition coefficient (Wildman–Crippen LogP) is 4.65. The molecule has 33 heavy (non-hydrogen) atoms. The Morgan fingerprint density at radius 3 is 2.64 bits per heavy atom. The van der Waals surface area contributed by atoms with Gasteiger partial charge in [-0.2, -0.15) is 0 Å². The quantitative estimate of drug-likeness (QED) is 0.604. The van der Waals surface area contributed by atoms with Crippen LogP contribution in [0.25, 0.3) is 0 Å². The predicted molar refractivity (Wildman–Crippen MR) is 128 cm³/mol. The van der Waals surface area contributed by atoms with Crippen LogP contribution in [0.3, 0.4) is 0 Å². The zero-order valence-electron chi connectivity index (χ0n) is 19.0. The van der Waals surface area contributed by atoms with Gasteiger partial charge in [-0.25, -0.2) is 0 Å². The highest BCUT2D eigenvalue weighted by atomic mass is 16.7. The first kappa shape index (κ1) is 21.5. The van der Waals surface area contributed by atoms with Gasteiger partial charge in [0.15, 0.2) is 11.5 Å². The van der Waals surface area contributed by atoms with Gasteiger partial charge in [0.1, 0.15) is 0 Å². The van der Waals surface area contributed by atoms with E-state index in [-0.39, 0.29) is 18.6 Å². The van der Waals surface area contributed by atoms with Crippen molar-refractivity contribution in [2.45, 2.75) is 32.4 Å². The molecule has 2 atom stereocenters. The van der Waals surface area contributed by atoms with E-state index in [9.17, 15) is 4.79 Å². The van der Waals surface area contributed by atoms with Crippen LogP contribution in [-0.2, 0) is 17.9 Å². The van der Waals surface area contributed by atoms with Gasteiger partial charge in [-0.1, -0.05) is 66.2 Å². The maximum absolute atomic E-state index is 13.3. The summed E-state index contributed by atoms with van der Waals surface area (Å²) in [5, 5.41) is 3.17. The van der Waals surface area contributed by atoms with Crippen LogP contribution in [-0.4, -0.2) is 30.7 Å². The highest BCUT2D eigenvalue weighted by molar-refractivity contribution is 5.79.